The molecule has 1 aromatic heterocycles. The number of amides is 2. The monoisotopic (exact) mass is 541 g/mol. The van der Waals surface area contributed by atoms with Crippen LogP contribution in [0.3, 0.4) is 0 Å². The van der Waals surface area contributed by atoms with Gasteiger partial charge in [0.25, 0.3) is 5.91 Å². The quantitative estimate of drug-likeness (QED) is 0.491. The molecule has 0 saturated carbocycles. The smallest absolute Gasteiger partial charge is 0.417 e. The van der Waals surface area contributed by atoms with E-state index in [2.05, 4.69) is 15.3 Å². The number of carbonyl (C=O) groups excluding carboxylic acids is 2. The van der Waals surface area contributed by atoms with Gasteiger partial charge in [0.1, 0.15) is 12.4 Å². The number of ether oxygens (including phenoxy) is 2. The maximum atomic E-state index is 13.1. The van der Waals surface area contributed by atoms with Crippen molar-refractivity contribution in [1.29, 1.82) is 0 Å². The van der Waals surface area contributed by atoms with E-state index in [0.717, 1.165) is 17.7 Å². The molecule has 3 heterocycles. The number of cyclic esters (lactones) is 1. The molecule has 1 N–H and O–H groups in total. The van der Waals surface area contributed by atoms with Crippen LogP contribution in [-0.4, -0.2) is 60.9 Å². The molecule has 2 saturated heterocycles. The summed E-state index contributed by atoms with van der Waals surface area (Å²) in [5.41, 5.74) is 1.36. The Hall–Kier alpha value is -4.19. The zero-order chi connectivity index (χ0) is 27.7. The van der Waals surface area contributed by atoms with Crippen molar-refractivity contribution in [3.63, 3.8) is 0 Å². The summed E-state index contributed by atoms with van der Waals surface area (Å²) in [6.45, 7) is 6.22. The van der Waals surface area contributed by atoms with E-state index in [-0.39, 0.29) is 24.2 Å². The van der Waals surface area contributed by atoms with E-state index in [4.69, 9.17) is 9.47 Å². The third kappa shape index (κ3) is 5.65. The Labute approximate surface area is 222 Å². The largest absolute Gasteiger partial charge is 0.447 e. The van der Waals surface area contributed by atoms with Gasteiger partial charge in [-0.15, -0.1) is 0 Å². The van der Waals surface area contributed by atoms with Gasteiger partial charge in [0.2, 0.25) is 5.95 Å². The molecule has 5 rings (SSSR count). The Balaban J connectivity index is 1.50. The molecular weight excluding hydrogens is 515 g/mol. The Kier molecular flexibility index (Phi) is 7.13. The van der Waals surface area contributed by atoms with Crippen LogP contribution in [0, 0.1) is 6.92 Å². The number of aryl methyl sites for hydroxylation is 1. The first-order valence-electron chi connectivity index (χ1n) is 12.4. The lowest BCUT2D eigenvalue weighted by molar-refractivity contribution is -0.137. The van der Waals surface area contributed by atoms with Crippen molar-refractivity contribution in [3.05, 3.63) is 65.2 Å². The van der Waals surface area contributed by atoms with Gasteiger partial charge >= 0.3 is 12.3 Å². The number of nitrogens with one attached hydrogen (secondary N) is 1. The lowest BCUT2D eigenvalue weighted by Crippen LogP contribution is -2.38. The minimum absolute atomic E-state index is 0.118. The van der Waals surface area contributed by atoms with Gasteiger partial charge in [-0.1, -0.05) is 12.1 Å². The molecule has 1 unspecified atom stereocenters. The van der Waals surface area contributed by atoms with Crippen LogP contribution in [0.4, 0.5) is 35.4 Å². The van der Waals surface area contributed by atoms with Gasteiger partial charge in [0, 0.05) is 36.0 Å². The highest BCUT2D eigenvalue weighted by molar-refractivity contribution is 6.04. The molecule has 12 heteroatoms. The summed E-state index contributed by atoms with van der Waals surface area (Å²) in [5.74, 6) is 0.131. The average Bonchev–Trinajstić information content (AvgIpc) is 3.27. The highest BCUT2D eigenvalue weighted by atomic mass is 19.4. The van der Waals surface area contributed by atoms with E-state index in [0.29, 0.717) is 49.1 Å². The fourth-order valence-corrected chi connectivity index (χ4v) is 4.43. The molecule has 2 amide bonds. The fourth-order valence-electron chi connectivity index (χ4n) is 4.43. The van der Waals surface area contributed by atoms with Crippen molar-refractivity contribution < 1.29 is 32.2 Å². The summed E-state index contributed by atoms with van der Waals surface area (Å²) >= 11 is 0. The van der Waals surface area contributed by atoms with Gasteiger partial charge in [-0.05, 0) is 49.7 Å². The molecule has 2 aliphatic rings. The number of nitrogens with zero attached hydrogens (tertiary/aromatic N) is 4. The van der Waals surface area contributed by atoms with Gasteiger partial charge in [-0.2, -0.15) is 18.2 Å². The number of carbonyl (C=O) groups is 2. The second-order valence-electron chi connectivity index (χ2n) is 9.37. The van der Waals surface area contributed by atoms with E-state index in [1.807, 2.05) is 24.8 Å². The molecule has 3 aromatic rings. The molecule has 204 valence electrons. The zero-order valence-electron chi connectivity index (χ0n) is 21.3. The lowest BCUT2D eigenvalue weighted by atomic mass is 10.0. The van der Waals surface area contributed by atoms with Crippen molar-refractivity contribution in [2.75, 3.05) is 48.0 Å². The zero-order valence-corrected chi connectivity index (χ0v) is 21.3. The third-order valence-electron chi connectivity index (χ3n) is 6.56. The van der Waals surface area contributed by atoms with Crippen molar-refractivity contribution in [2.45, 2.75) is 26.1 Å². The van der Waals surface area contributed by atoms with Gasteiger partial charge in [-0.3, -0.25) is 4.79 Å². The second-order valence-corrected chi connectivity index (χ2v) is 9.37. The maximum absolute atomic E-state index is 13.1. The molecule has 0 aliphatic carbocycles. The summed E-state index contributed by atoms with van der Waals surface area (Å²) in [4.78, 5) is 38.0. The van der Waals surface area contributed by atoms with Gasteiger partial charge in [-0.25, -0.2) is 14.7 Å². The Morgan fingerprint density at radius 3 is 2.54 bits per heavy atom. The second kappa shape index (κ2) is 10.5. The number of aromatic nitrogens is 2. The topological polar surface area (TPSA) is 96.9 Å². The summed E-state index contributed by atoms with van der Waals surface area (Å²) in [6, 6.07) is 10.9. The van der Waals surface area contributed by atoms with E-state index >= 15 is 0 Å². The Morgan fingerprint density at radius 2 is 1.85 bits per heavy atom. The van der Waals surface area contributed by atoms with Crippen molar-refractivity contribution in [1.82, 2.24) is 9.97 Å². The first-order valence-corrected chi connectivity index (χ1v) is 12.4. The minimum atomic E-state index is -4.56. The number of morpholine rings is 1. The molecule has 0 bridgehead atoms. The normalized spacial score (nSPS) is 17.8. The summed E-state index contributed by atoms with van der Waals surface area (Å²) in [6.07, 6.45) is -5.10. The van der Waals surface area contributed by atoms with Crippen LogP contribution in [0.15, 0.2) is 48.5 Å². The highest BCUT2D eigenvalue weighted by Gasteiger charge is 2.34. The SMILES string of the molecule is Cc1ccc(NC(=O)c2cccc(C(F)(F)F)c2)cc1-c1cc(N2CCOCC2)nc(N2C(=O)OCC2C)n1. The number of rotatable bonds is 5. The highest BCUT2D eigenvalue weighted by Crippen LogP contribution is 2.32. The molecule has 2 aromatic carbocycles. The fraction of sp³-hybridized carbons (Fsp3) is 0.333. The first kappa shape index (κ1) is 26.4. The van der Waals surface area contributed by atoms with Crippen LogP contribution < -0.4 is 15.1 Å². The van der Waals surface area contributed by atoms with E-state index in [1.54, 1.807) is 18.2 Å². The number of benzene rings is 2. The van der Waals surface area contributed by atoms with E-state index < -0.39 is 23.7 Å². The predicted octanol–water partition coefficient (Wildman–Crippen LogP) is 4.90. The maximum Gasteiger partial charge on any atom is 0.417 e. The minimum Gasteiger partial charge on any atom is -0.447 e. The molecule has 2 fully saturated rings. The number of hydrogen-bond donors (Lipinski definition) is 1. The van der Waals surface area contributed by atoms with Crippen LogP contribution in [0.1, 0.15) is 28.4 Å². The Morgan fingerprint density at radius 1 is 1.08 bits per heavy atom. The van der Waals surface area contributed by atoms with Crippen LogP contribution in [0.2, 0.25) is 0 Å². The van der Waals surface area contributed by atoms with Gasteiger partial charge in [0.15, 0.2) is 0 Å². The number of alkyl halides is 3. The van der Waals surface area contributed by atoms with Crippen molar-refractivity contribution in [3.8, 4) is 11.3 Å². The van der Waals surface area contributed by atoms with Crippen LogP contribution in [0.25, 0.3) is 11.3 Å². The third-order valence-corrected chi connectivity index (χ3v) is 6.56. The molecule has 0 radical (unpaired) electrons. The van der Waals surface area contributed by atoms with Gasteiger partial charge < -0.3 is 19.7 Å². The molecule has 0 spiro atoms. The van der Waals surface area contributed by atoms with Crippen LogP contribution in [0.5, 0.6) is 0 Å². The standard InChI is InChI=1S/C27H26F3N5O4/c1-16-6-7-20(31-24(36)18-4-3-5-19(12-18)27(28,29)30)13-21(16)22-14-23(34-8-10-38-11-9-34)33-25(32-22)35-17(2)15-39-26(35)37/h3-7,12-14,17H,8-11,15H2,1-2H3,(H,31,36). The van der Waals surface area contributed by atoms with Gasteiger partial charge in [0.05, 0.1) is 30.5 Å². The molecule has 39 heavy (non-hydrogen) atoms. The molecular formula is C27H26F3N5O4. The van der Waals surface area contributed by atoms with Crippen molar-refractivity contribution >= 4 is 29.5 Å². The van der Waals surface area contributed by atoms with Crippen LogP contribution >= 0.6 is 0 Å². The van der Waals surface area contributed by atoms with Crippen LogP contribution in [-0.2, 0) is 15.7 Å². The molecule has 2 aliphatic heterocycles. The molecule has 1 atom stereocenters. The first-order chi connectivity index (χ1) is 18.6. The average molecular weight is 542 g/mol. The molecule has 9 nitrogen and oxygen atoms in total. The van der Waals surface area contributed by atoms with E-state index in [1.165, 1.54) is 17.0 Å². The summed E-state index contributed by atoms with van der Waals surface area (Å²) in [5, 5.41) is 2.67. The Bertz CT molecular complexity index is 1410. The van der Waals surface area contributed by atoms with E-state index in [9.17, 15) is 22.8 Å². The number of hydrogen-bond acceptors (Lipinski definition) is 7. The predicted molar refractivity (Wildman–Crippen MR) is 138 cm³/mol. The number of anilines is 3. The lowest BCUT2D eigenvalue weighted by Gasteiger charge is -2.29. The van der Waals surface area contributed by atoms with Crippen molar-refractivity contribution in [2.24, 2.45) is 0 Å². The summed E-state index contributed by atoms with van der Waals surface area (Å²) in [7, 11) is 0. The summed E-state index contributed by atoms with van der Waals surface area (Å²) < 4.78 is 50.0. The number of halogens is 3.